The monoisotopic (exact) mass is 82.1 g/mol. The molecule has 0 bridgehead atoms. The third-order valence-electron chi connectivity index (χ3n) is 0. The first kappa shape index (κ1) is 28.1. The normalized spacial score (nSPS) is 2.00. The zero-order chi connectivity index (χ0) is 4.00. The number of rotatable bonds is 0. The van der Waals surface area contributed by atoms with Crippen LogP contribution in [0.5, 0.6) is 0 Å². The number of hydrogen-bond acceptors (Lipinski definition) is 0. The molecule has 0 atom stereocenters. The van der Waals surface area contributed by atoms with Crippen LogP contribution >= 0.6 is 0 Å². The first-order valence-electron chi connectivity index (χ1n) is 0.378. The average molecular weight is 81.9 g/mol. The predicted octanol–water partition coefficient (Wildman–Crippen LogP) is -4.15. The van der Waals surface area contributed by atoms with E-state index in [2.05, 4.69) is 11.9 Å². The van der Waals surface area contributed by atoms with E-state index in [0.717, 1.165) is 0 Å². The van der Waals surface area contributed by atoms with E-state index in [-0.39, 0.29) is 37.7 Å². The number of nitrogens with one attached hydrogen (secondary N) is 2. The van der Waals surface area contributed by atoms with E-state index in [9.17, 15) is 0 Å². The molecule has 0 aromatic rings. The van der Waals surface area contributed by atoms with Gasteiger partial charge >= 0.3 is 37.7 Å². The quantitative estimate of drug-likeness (QED) is 0.266. The van der Waals surface area contributed by atoms with Crippen LogP contribution in [0.1, 0.15) is 0 Å². The largest absolute Gasteiger partial charge is 1.00 e. The molecule has 0 heterocycles. The van der Waals surface area contributed by atoms with E-state index in [4.69, 9.17) is 8.96 Å². The molecule has 0 saturated carbocycles. The molecule has 0 unspecified atom stereocenters. The molecular weight excluding hydrogens is 79.9 g/mol. The van der Waals surface area contributed by atoms with Crippen LogP contribution in [0.15, 0.2) is 0 Å². The molecule has 28 valence electrons. The summed E-state index contributed by atoms with van der Waals surface area (Å²) in [6, 6.07) is 0. The van der Waals surface area contributed by atoms with Gasteiger partial charge in [-0.1, -0.05) is 0 Å². The molecule has 0 aliphatic heterocycles. The Hall–Kier alpha value is 0.975. The fraction of sp³-hybridized carbons (Fsp3) is 0. The fourth-order valence-corrected chi connectivity index (χ4v) is 0. The number of halogens is 2. The molecule has 0 aliphatic carbocycles. The molecule has 6 heavy (non-hydrogen) atoms. The summed E-state index contributed by atoms with van der Waals surface area (Å²) in [5.74, 6) is 8.50. The van der Waals surface area contributed by atoms with E-state index in [1.165, 1.54) is 0 Å². The van der Waals surface area contributed by atoms with Crippen molar-refractivity contribution >= 4 is 0 Å². The summed E-state index contributed by atoms with van der Waals surface area (Å²) in [6.07, 6.45) is 0. The minimum Gasteiger partial charge on any atom is -0.507 e. The van der Waals surface area contributed by atoms with Crippen LogP contribution in [0.4, 0.5) is 8.96 Å². The van der Waals surface area contributed by atoms with Gasteiger partial charge in [0.25, 0.3) is 0 Å². The van der Waals surface area contributed by atoms with Crippen molar-refractivity contribution in [2.45, 2.75) is 0 Å². The molecule has 0 rings (SSSR count). The summed E-state index contributed by atoms with van der Waals surface area (Å²) in [7, 11) is 0. The third kappa shape index (κ3) is 82.7. The Morgan fingerprint density at radius 3 is 0.667 bits per heavy atom. The Bertz CT molecular complexity index is 9.51. The molecule has 0 aliphatic rings. The van der Waals surface area contributed by atoms with Crippen molar-refractivity contribution in [2.24, 2.45) is 0 Å². The van der Waals surface area contributed by atoms with Gasteiger partial charge in [-0.2, -0.15) is 0 Å². The second kappa shape index (κ2) is 156. The first-order chi connectivity index (χ1) is 2.00. The van der Waals surface area contributed by atoms with Crippen LogP contribution in [0, 0.1) is 0 Å². The fourth-order valence-electron chi connectivity index (χ4n) is 0. The van der Waals surface area contributed by atoms with Crippen molar-refractivity contribution < 1.29 is 46.7 Å². The standard InChI is InChI=1S/2FHN.2Li/c2*1-2;;/h2*2H;;/q2*-1;2*+1. The smallest absolute Gasteiger partial charge is 0.507 e. The summed E-state index contributed by atoms with van der Waals surface area (Å²) in [5, 5.41) is 0. The molecule has 2 N–H and O–H groups in total. The Kier molecular flexibility index (Phi) is 730. The average Bonchev–Trinajstić information content (AvgIpc) is 1.50. The van der Waals surface area contributed by atoms with E-state index in [1.807, 2.05) is 0 Å². The Morgan fingerprint density at radius 1 is 0.667 bits per heavy atom. The van der Waals surface area contributed by atoms with Crippen molar-refractivity contribution in [3.8, 4) is 0 Å². The molecule has 0 aromatic carbocycles. The Morgan fingerprint density at radius 2 is 0.667 bits per heavy atom. The third-order valence-corrected chi connectivity index (χ3v) is 0. The molecule has 6 heteroatoms. The van der Waals surface area contributed by atoms with Crippen molar-refractivity contribution in [2.75, 3.05) is 0 Å². The summed E-state index contributed by atoms with van der Waals surface area (Å²) in [6.45, 7) is 0. The Labute approximate surface area is 58.9 Å². The van der Waals surface area contributed by atoms with E-state index in [0.29, 0.717) is 0 Å². The topological polar surface area (TPSA) is 47.6 Å². The van der Waals surface area contributed by atoms with Gasteiger partial charge in [0, 0.05) is 0 Å². The maximum Gasteiger partial charge on any atom is 1.00 e. The van der Waals surface area contributed by atoms with Gasteiger partial charge in [0.05, 0.1) is 0 Å². The van der Waals surface area contributed by atoms with E-state index in [1.54, 1.807) is 0 Å². The minimum atomic E-state index is 0. The van der Waals surface area contributed by atoms with Gasteiger partial charge in [0.2, 0.25) is 0 Å². The van der Waals surface area contributed by atoms with Crippen LogP contribution in [-0.4, -0.2) is 0 Å². The molecule has 0 radical (unpaired) electrons. The first-order valence-corrected chi connectivity index (χ1v) is 0.378. The van der Waals surface area contributed by atoms with Crippen LogP contribution in [-0.2, 0) is 0 Å². The van der Waals surface area contributed by atoms with Gasteiger partial charge in [0.15, 0.2) is 0 Å². The Balaban J connectivity index is -0.00000000500. The van der Waals surface area contributed by atoms with Gasteiger partial charge in [-0.25, -0.2) is 0 Å². The minimum absolute atomic E-state index is 0. The summed E-state index contributed by atoms with van der Waals surface area (Å²) >= 11 is 0. The van der Waals surface area contributed by atoms with Crippen LogP contribution in [0.25, 0.3) is 11.9 Å². The predicted molar refractivity (Wildman–Crippen MR) is 10.9 cm³/mol. The van der Waals surface area contributed by atoms with Crippen LogP contribution in [0.2, 0.25) is 0 Å². The molecule has 2 nitrogen and oxygen atoms in total. The maximum atomic E-state index is 8.75. The van der Waals surface area contributed by atoms with Crippen LogP contribution < -0.4 is 37.7 Å². The van der Waals surface area contributed by atoms with Crippen molar-refractivity contribution in [1.82, 2.24) is 0 Å². The molecule has 0 fully saturated rings. The molecule has 0 saturated heterocycles. The molecule has 0 amide bonds. The van der Waals surface area contributed by atoms with Gasteiger partial charge in [-0.05, 0) is 0 Å². The molecule has 0 aromatic heterocycles. The van der Waals surface area contributed by atoms with Gasteiger partial charge in [-0.15, -0.1) is 0 Å². The van der Waals surface area contributed by atoms with E-state index >= 15 is 0 Å². The van der Waals surface area contributed by atoms with E-state index < -0.39 is 0 Å². The SMILES string of the molecule is [Li+].[Li+].[NH-]F.[NH-]F. The van der Waals surface area contributed by atoms with Gasteiger partial charge in [-0.3, -0.25) is 0 Å². The zero-order valence-electron chi connectivity index (χ0n) is 3.76. The summed E-state index contributed by atoms with van der Waals surface area (Å²) in [4.78, 5) is 0. The summed E-state index contributed by atoms with van der Waals surface area (Å²) < 4.78 is 17.5. The molecule has 0 spiro atoms. The summed E-state index contributed by atoms with van der Waals surface area (Å²) in [5.41, 5.74) is 0. The van der Waals surface area contributed by atoms with Crippen molar-refractivity contribution in [1.29, 1.82) is 0 Å². The maximum absolute atomic E-state index is 8.75. The number of hydrogen-bond donors (Lipinski definition) is 0. The van der Waals surface area contributed by atoms with Gasteiger partial charge < -0.3 is 20.9 Å². The van der Waals surface area contributed by atoms with Gasteiger partial charge in [0.1, 0.15) is 0 Å². The van der Waals surface area contributed by atoms with Crippen molar-refractivity contribution in [3.63, 3.8) is 0 Å². The van der Waals surface area contributed by atoms with Crippen molar-refractivity contribution in [3.05, 3.63) is 11.9 Å². The molecular formula is H2F2Li2N2. The zero-order valence-corrected chi connectivity index (χ0v) is 3.76. The second-order valence-electron chi connectivity index (χ2n) is 0. The van der Waals surface area contributed by atoms with Crippen LogP contribution in [0.3, 0.4) is 0 Å². The second-order valence-corrected chi connectivity index (χ2v) is 0.